The van der Waals surface area contributed by atoms with Crippen LogP contribution in [0.2, 0.25) is 0 Å². The van der Waals surface area contributed by atoms with Gasteiger partial charge >= 0.3 is 0 Å². The standard InChI is InChI=1S/C14H17FN2O/c1-3-8-16-10(2)14-17-9-13(18-14)11-4-6-12(15)7-5-11/h4-7,9-10,16H,3,8H2,1-2H3. The molecule has 4 heteroatoms. The molecule has 96 valence electrons. The molecule has 1 atom stereocenters. The molecule has 18 heavy (non-hydrogen) atoms. The molecule has 2 rings (SSSR count). The van der Waals surface area contributed by atoms with Crippen LogP contribution in [0.15, 0.2) is 34.9 Å². The average molecular weight is 248 g/mol. The predicted molar refractivity (Wildman–Crippen MR) is 68.6 cm³/mol. The van der Waals surface area contributed by atoms with E-state index in [-0.39, 0.29) is 11.9 Å². The number of nitrogens with zero attached hydrogens (tertiary/aromatic N) is 1. The van der Waals surface area contributed by atoms with Crippen LogP contribution >= 0.6 is 0 Å². The molecular formula is C14H17FN2O. The Morgan fingerprint density at radius 2 is 2.06 bits per heavy atom. The third-order valence-corrected chi connectivity index (χ3v) is 2.72. The Bertz CT molecular complexity index is 493. The molecule has 1 N–H and O–H groups in total. The largest absolute Gasteiger partial charge is 0.439 e. The van der Waals surface area contributed by atoms with Gasteiger partial charge in [0.2, 0.25) is 5.89 Å². The van der Waals surface area contributed by atoms with Crippen LogP contribution in [-0.4, -0.2) is 11.5 Å². The van der Waals surface area contributed by atoms with Gasteiger partial charge in [0.25, 0.3) is 0 Å². The first-order chi connectivity index (χ1) is 8.70. The molecule has 0 saturated heterocycles. The molecule has 0 saturated carbocycles. The van der Waals surface area contributed by atoms with Gasteiger partial charge in [-0.2, -0.15) is 0 Å². The van der Waals surface area contributed by atoms with E-state index in [4.69, 9.17) is 4.42 Å². The highest BCUT2D eigenvalue weighted by Crippen LogP contribution is 2.23. The highest BCUT2D eigenvalue weighted by atomic mass is 19.1. The summed E-state index contributed by atoms with van der Waals surface area (Å²) in [7, 11) is 0. The zero-order valence-electron chi connectivity index (χ0n) is 10.6. The van der Waals surface area contributed by atoms with Crippen molar-refractivity contribution in [2.24, 2.45) is 0 Å². The Morgan fingerprint density at radius 3 is 2.72 bits per heavy atom. The van der Waals surface area contributed by atoms with E-state index >= 15 is 0 Å². The highest BCUT2D eigenvalue weighted by molar-refractivity contribution is 5.55. The van der Waals surface area contributed by atoms with Crippen molar-refractivity contribution in [3.63, 3.8) is 0 Å². The second kappa shape index (κ2) is 5.78. The number of benzene rings is 1. The van der Waals surface area contributed by atoms with E-state index in [1.165, 1.54) is 12.1 Å². The fourth-order valence-corrected chi connectivity index (χ4v) is 1.68. The Morgan fingerprint density at radius 1 is 1.33 bits per heavy atom. The smallest absolute Gasteiger partial charge is 0.211 e. The number of nitrogens with one attached hydrogen (secondary N) is 1. The summed E-state index contributed by atoms with van der Waals surface area (Å²) in [6.45, 7) is 5.05. The topological polar surface area (TPSA) is 38.1 Å². The van der Waals surface area contributed by atoms with Crippen molar-refractivity contribution in [3.05, 3.63) is 42.2 Å². The van der Waals surface area contributed by atoms with E-state index in [1.54, 1.807) is 18.3 Å². The Balaban J connectivity index is 2.12. The maximum Gasteiger partial charge on any atom is 0.211 e. The van der Waals surface area contributed by atoms with E-state index < -0.39 is 0 Å². The third-order valence-electron chi connectivity index (χ3n) is 2.72. The second-order valence-corrected chi connectivity index (χ2v) is 4.25. The van der Waals surface area contributed by atoms with Gasteiger partial charge in [-0.3, -0.25) is 0 Å². The van der Waals surface area contributed by atoms with Crippen molar-refractivity contribution in [1.29, 1.82) is 0 Å². The normalized spacial score (nSPS) is 12.6. The fraction of sp³-hybridized carbons (Fsp3) is 0.357. The van der Waals surface area contributed by atoms with Crippen LogP contribution in [0, 0.1) is 5.82 Å². The zero-order chi connectivity index (χ0) is 13.0. The lowest BCUT2D eigenvalue weighted by Gasteiger charge is -2.08. The minimum absolute atomic E-state index is 0.0825. The molecular weight excluding hydrogens is 231 g/mol. The van der Waals surface area contributed by atoms with Gasteiger partial charge in [-0.05, 0) is 44.2 Å². The van der Waals surface area contributed by atoms with Gasteiger partial charge in [0.15, 0.2) is 5.76 Å². The molecule has 0 fully saturated rings. The number of hydrogen-bond acceptors (Lipinski definition) is 3. The summed E-state index contributed by atoms with van der Waals surface area (Å²) in [5, 5.41) is 3.31. The lowest BCUT2D eigenvalue weighted by atomic mass is 10.2. The Kier molecular flexibility index (Phi) is 4.10. The van der Waals surface area contributed by atoms with E-state index in [1.807, 2.05) is 6.92 Å². The summed E-state index contributed by atoms with van der Waals surface area (Å²) >= 11 is 0. The van der Waals surface area contributed by atoms with E-state index in [0.29, 0.717) is 11.7 Å². The Labute approximate surface area is 106 Å². The van der Waals surface area contributed by atoms with E-state index in [0.717, 1.165) is 18.5 Å². The maximum atomic E-state index is 12.8. The van der Waals surface area contributed by atoms with Gasteiger partial charge in [0, 0.05) is 5.56 Å². The van der Waals surface area contributed by atoms with Gasteiger partial charge in [-0.15, -0.1) is 0 Å². The molecule has 2 aromatic rings. The minimum atomic E-state index is -0.253. The van der Waals surface area contributed by atoms with Crippen LogP contribution in [0.3, 0.4) is 0 Å². The van der Waals surface area contributed by atoms with Crippen LogP contribution < -0.4 is 5.32 Å². The molecule has 1 aromatic heterocycles. The highest BCUT2D eigenvalue weighted by Gasteiger charge is 2.12. The van der Waals surface area contributed by atoms with Gasteiger partial charge in [-0.25, -0.2) is 9.37 Å². The predicted octanol–water partition coefficient (Wildman–Crippen LogP) is 3.54. The van der Waals surface area contributed by atoms with Gasteiger partial charge in [-0.1, -0.05) is 6.92 Å². The molecule has 1 heterocycles. The van der Waals surface area contributed by atoms with E-state index in [9.17, 15) is 4.39 Å². The van der Waals surface area contributed by atoms with Crippen molar-refractivity contribution in [2.45, 2.75) is 26.3 Å². The lowest BCUT2D eigenvalue weighted by molar-refractivity contribution is 0.423. The summed E-state index contributed by atoms with van der Waals surface area (Å²) in [6, 6.07) is 6.28. The molecule has 1 aromatic carbocycles. The van der Waals surface area contributed by atoms with Crippen molar-refractivity contribution in [2.75, 3.05) is 6.54 Å². The second-order valence-electron chi connectivity index (χ2n) is 4.25. The summed E-state index contributed by atoms with van der Waals surface area (Å²) in [4.78, 5) is 4.24. The zero-order valence-corrected chi connectivity index (χ0v) is 10.6. The molecule has 0 bridgehead atoms. The quantitative estimate of drug-likeness (QED) is 0.879. The first kappa shape index (κ1) is 12.8. The Hall–Kier alpha value is -1.68. The van der Waals surface area contributed by atoms with Crippen LogP contribution in [0.1, 0.15) is 32.2 Å². The monoisotopic (exact) mass is 248 g/mol. The van der Waals surface area contributed by atoms with Gasteiger partial charge < -0.3 is 9.73 Å². The average Bonchev–Trinajstić information content (AvgIpc) is 2.86. The van der Waals surface area contributed by atoms with Crippen LogP contribution in [0.25, 0.3) is 11.3 Å². The van der Waals surface area contributed by atoms with Crippen LogP contribution in [-0.2, 0) is 0 Å². The SMILES string of the molecule is CCCNC(C)c1ncc(-c2ccc(F)cc2)o1. The number of rotatable bonds is 5. The van der Waals surface area contributed by atoms with Crippen molar-refractivity contribution < 1.29 is 8.81 Å². The summed E-state index contributed by atoms with van der Waals surface area (Å²) in [6.07, 6.45) is 2.74. The third kappa shape index (κ3) is 2.96. The minimum Gasteiger partial charge on any atom is -0.439 e. The molecule has 1 unspecified atom stereocenters. The molecule has 0 aliphatic carbocycles. The lowest BCUT2D eigenvalue weighted by Crippen LogP contribution is -2.19. The molecule has 0 spiro atoms. The summed E-state index contributed by atoms with van der Waals surface area (Å²) in [5.41, 5.74) is 0.831. The maximum absolute atomic E-state index is 12.8. The van der Waals surface area contributed by atoms with Crippen molar-refractivity contribution in [1.82, 2.24) is 10.3 Å². The summed E-state index contributed by atoms with van der Waals surface area (Å²) in [5.74, 6) is 1.06. The van der Waals surface area contributed by atoms with Gasteiger partial charge in [0.1, 0.15) is 5.82 Å². The fourth-order valence-electron chi connectivity index (χ4n) is 1.68. The van der Waals surface area contributed by atoms with Crippen molar-refractivity contribution in [3.8, 4) is 11.3 Å². The number of halogens is 1. The number of hydrogen-bond donors (Lipinski definition) is 1. The van der Waals surface area contributed by atoms with Crippen LogP contribution in [0.4, 0.5) is 4.39 Å². The number of aromatic nitrogens is 1. The first-order valence-electron chi connectivity index (χ1n) is 6.15. The first-order valence-corrected chi connectivity index (χ1v) is 6.15. The van der Waals surface area contributed by atoms with Crippen LogP contribution in [0.5, 0.6) is 0 Å². The molecule has 0 aliphatic heterocycles. The number of oxazole rings is 1. The molecule has 0 amide bonds. The summed E-state index contributed by atoms with van der Waals surface area (Å²) < 4.78 is 18.5. The van der Waals surface area contributed by atoms with Gasteiger partial charge in [0.05, 0.1) is 12.2 Å². The molecule has 3 nitrogen and oxygen atoms in total. The van der Waals surface area contributed by atoms with Crippen molar-refractivity contribution >= 4 is 0 Å². The molecule has 0 radical (unpaired) electrons. The van der Waals surface area contributed by atoms with E-state index in [2.05, 4.69) is 17.2 Å². The molecule has 0 aliphatic rings.